The van der Waals surface area contributed by atoms with Crippen molar-refractivity contribution in [3.05, 3.63) is 71.8 Å². The molecule has 0 amide bonds. The number of ketones is 2. The average molecular weight is 314 g/mol. The minimum absolute atomic E-state index is 0.401. The molecule has 0 bridgehead atoms. The van der Waals surface area contributed by atoms with E-state index in [9.17, 15) is 9.59 Å². The van der Waals surface area contributed by atoms with Gasteiger partial charge in [0, 0.05) is 16.7 Å². The van der Waals surface area contributed by atoms with Gasteiger partial charge in [-0.15, -0.1) is 0 Å². The summed E-state index contributed by atoms with van der Waals surface area (Å²) in [7, 11) is 0. The van der Waals surface area contributed by atoms with Crippen LogP contribution in [-0.4, -0.2) is 11.6 Å². The molecule has 1 aliphatic carbocycles. The number of fused-ring (bicyclic) bond motifs is 3. The second-order valence-electron chi connectivity index (χ2n) is 5.77. The van der Waals surface area contributed by atoms with Crippen molar-refractivity contribution in [3.63, 3.8) is 0 Å². The summed E-state index contributed by atoms with van der Waals surface area (Å²) in [4.78, 5) is 24.9. The molecule has 4 nitrogen and oxygen atoms in total. The second-order valence-corrected chi connectivity index (χ2v) is 5.77. The highest BCUT2D eigenvalue weighted by atomic mass is 16.2. The van der Waals surface area contributed by atoms with Crippen LogP contribution < -0.4 is 11.5 Å². The lowest BCUT2D eigenvalue weighted by atomic mass is 9.82. The molecule has 24 heavy (non-hydrogen) atoms. The summed E-state index contributed by atoms with van der Waals surface area (Å²) in [6.45, 7) is 0. The van der Waals surface area contributed by atoms with E-state index in [1.54, 1.807) is 24.3 Å². The van der Waals surface area contributed by atoms with Crippen LogP contribution in [0.5, 0.6) is 0 Å². The minimum atomic E-state index is -0.493. The van der Waals surface area contributed by atoms with Crippen LogP contribution in [-0.2, 0) is 0 Å². The Morgan fingerprint density at radius 2 is 1.21 bits per heavy atom. The van der Waals surface area contributed by atoms with Crippen molar-refractivity contribution >= 4 is 22.9 Å². The molecule has 0 heterocycles. The maximum absolute atomic E-state index is 12.5. The Labute approximate surface area is 138 Å². The molecule has 0 spiro atoms. The number of Topliss-reactive ketones (excluding diaryl/α,β-unsaturated/α-hetero) is 2. The SMILES string of the molecule is Nc1cccc(-c2ccc3c(c2)C(=O)C(=O)c2ccccc2-3)c1N. The van der Waals surface area contributed by atoms with E-state index in [0.29, 0.717) is 22.5 Å². The molecule has 4 heteroatoms. The first-order valence-corrected chi connectivity index (χ1v) is 7.54. The number of carbonyl (C=O) groups excluding carboxylic acids is 2. The summed E-state index contributed by atoms with van der Waals surface area (Å²) in [5.41, 5.74) is 16.8. The fourth-order valence-electron chi connectivity index (χ4n) is 3.13. The average Bonchev–Trinajstić information content (AvgIpc) is 2.61. The third kappa shape index (κ3) is 1.93. The smallest absolute Gasteiger partial charge is 0.234 e. The number of hydrogen-bond acceptors (Lipinski definition) is 4. The lowest BCUT2D eigenvalue weighted by molar-refractivity contribution is 0.0815. The number of carbonyl (C=O) groups is 2. The van der Waals surface area contributed by atoms with Crippen molar-refractivity contribution in [2.45, 2.75) is 0 Å². The van der Waals surface area contributed by atoms with Gasteiger partial charge in [0.1, 0.15) is 0 Å². The van der Waals surface area contributed by atoms with Crippen molar-refractivity contribution in [2.75, 3.05) is 11.5 Å². The highest BCUT2D eigenvalue weighted by Crippen LogP contribution is 2.37. The van der Waals surface area contributed by atoms with Gasteiger partial charge in [-0.3, -0.25) is 9.59 Å². The summed E-state index contributed by atoms with van der Waals surface area (Å²) >= 11 is 0. The monoisotopic (exact) mass is 314 g/mol. The van der Waals surface area contributed by atoms with Gasteiger partial charge in [0.2, 0.25) is 11.6 Å². The molecule has 0 saturated heterocycles. The fourth-order valence-corrected chi connectivity index (χ4v) is 3.13. The third-order valence-electron chi connectivity index (χ3n) is 4.38. The van der Waals surface area contributed by atoms with Gasteiger partial charge in [-0.1, -0.05) is 48.5 Å². The van der Waals surface area contributed by atoms with E-state index in [4.69, 9.17) is 11.5 Å². The number of para-hydroxylation sites is 1. The molecule has 116 valence electrons. The van der Waals surface area contributed by atoms with Gasteiger partial charge >= 0.3 is 0 Å². The zero-order valence-corrected chi connectivity index (χ0v) is 12.7. The van der Waals surface area contributed by atoms with E-state index in [1.807, 2.05) is 36.4 Å². The first kappa shape index (κ1) is 14.2. The number of nitrogen functional groups attached to an aromatic ring is 2. The maximum atomic E-state index is 12.5. The molecule has 0 atom stereocenters. The van der Waals surface area contributed by atoms with Crippen molar-refractivity contribution in [2.24, 2.45) is 0 Å². The molecular formula is C20H14N2O2. The summed E-state index contributed by atoms with van der Waals surface area (Å²) in [5, 5.41) is 0. The number of hydrogen-bond donors (Lipinski definition) is 2. The predicted molar refractivity (Wildman–Crippen MR) is 94.8 cm³/mol. The zero-order valence-electron chi connectivity index (χ0n) is 12.7. The zero-order chi connectivity index (χ0) is 16.8. The van der Waals surface area contributed by atoms with E-state index in [1.165, 1.54) is 0 Å². The molecule has 3 aromatic carbocycles. The quantitative estimate of drug-likeness (QED) is 0.531. The van der Waals surface area contributed by atoms with E-state index in [2.05, 4.69) is 0 Å². The second kappa shape index (κ2) is 5.06. The van der Waals surface area contributed by atoms with Crippen molar-refractivity contribution in [1.29, 1.82) is 0 Å². The topological polar surface area (TPSA) is 86.2 Å². The molecule has 3 aromatic rings. The number of rotatable bonds is 1. The number of anilines is 2. The lowest BCUT2D eigenvalue weighted by Gasteiger charge is -2.19. The molecule has 0 unspecified atom stereocenters. The summed E-state index contributed by atoms with van der Waals surface area (Å²) in [5.74, 6) is -0.969. The van der Waals surface area contributed by atoms with Crippen LogP contribution in [0.4, 0.5) is 11.4 Å². The van der Waals surface area contributed by atoms with Crippen LogP contribution in [0.1, 0.15) is 20.7 Å². The summed E-state index contributed by atoms with van der Waals surface area (Å²) in [6.07, 6.45) is 0. The Hall–Kier alpha value is -3.40. The largest absolute Gasteiger partial charge is 0.397 e. The molecule has 0 radical (unpaired) electrons. The normalized spacial score (nSPS) is 12.7. The summed E-state index contributed by atoms with van der Waals surface area (Å²) < 4.78 is 0. The van der Waals surface area contributed by atoms with Gasteiger partial charge < -0.3 is 11.5 Å². The third-order valence-corrected chi connectivity index (χ3v) is 4.38. The molecule has 4 N–H and O–H groups in total. The van der Waals surface area contributed by atoms with E-state index in [0.717, 1.165) is 22.3 Å². The highest BCUT2D eigenvalue weighted by Gasteiger charge is 2.30. The summed E-state index contributed by atoms with van der Waals surface area (Å²) in [6, 6.07) is 18.0. The molecule has 0 aliphatic heterocycles. The molecule has 1 aliphatic rings. The van der Waals surface area contributed by atoms with Gasteiger partial charge in [0.15, 0.2) is 0 Å². The molecule has 0 aromatic heterocycles. The maximum Gasteiger partial charge on any atom is 0.234 e. The van der Waals surface area contributed by atoms with Crippen molar-refractivity contribution in [1.82, 2.24) is 0 Å². The Bertz CT molecular complexity index is 1020. The van der Waals surface area contributed by atoms with Crippen LogP contribution in [0.25, 0.3) is 22.3 Å². The van der Waals surface area contributed by atoms with E-state index >= 15 is 0 Å². The Morgan fingerprint density at radius 1 is 0.583 bits per heavy atom. The van der Waals surface area contributed by atoms with Gasteiger partial charge in [-0.25, -0.2) is 0 Å². The minimum Gasteiger partial charge on any atom is -0.397 e. The molecular weight excluding hydrogens is 300 g/mol. The Morgan fingerprint density at radius 3 is 2.00 bits per heavy atom. The number of nitrogens with two attached hydrogens (primary N) is 2. The fraction of sp³-hybridized carbons (Fsp3) is 0. The number of benzene rings is 3. The van der Waals surface area contributed by atoms with Crippen LogP contribution in [0.15, 0.2) is 60.7 Å². The van der Waals surface area contributed by atoms with Crippen molar-refractivity contribution in [3.8, 4) is 22.3 Å². The van der Waals surface area contributed by atoms with E-state index < -0.39 is 11.6 Å². The standard InChI is InChI=1S/C20H14N2O2/c21-17-7-3-6-12(18(17)22)11-8-9-14-13-4-1-2-5-15(13)19(23)20(24)16(14)10-11/h1-10H,21-22H2. The highest BCUT2D eigenvalue weighted by molar-refractivity contribution is 6.53. The molecule has 0 fully saturated rings. The van der Waals surface area contributed by atoms with Gasteiger partial charge in [-0.05, 0) is 28.8 Å². The predicted octanol–water partition coefficient (Wildman–Crippen LogP) is 3.56. The van der Waals surface area contributed by atoms with Crippen LogP contribution in [0, 0.1) is 0 Å². The van der Waals surface area contributed by atoms with E-state index in [-0.39, 0.29) is 0 Å². The van der Waals surface area contributed by atoms with Crippen molar-refractivity contribution < 1.29 is 9.59 Å². The first-order valence-electron chi connectivity index (χ1n) is 7.54. The first-order chi connectivity index (χ1) is 11.6. The molecule has 4 rings (SSSR count). The Balaban J connectivity index is 1.96. The van der Waals surface area contributed by atoms with Crippen LogP contribution >= 0.6 is 0 Å². The van der Waals surface area contributed by atoms with Gasteiger partial charge in [0.05, 0.1) is 11.4 Å². The Kier molecular flexibility index (Phi) is 3.00. The van der Waals surface area contributed by atoms with Crippen LogP contribution in [0.3, 0.4) is 0 Å². The molecule has 0 saturated carbocycles. The van der Waals surface area contributed by atoms with Gasteiger partial charge in [0.25, 0.3) is 0 Å². The van der Waals surface area contributed by atoms with Gasteiger partial charge in [-0.2, -0.15) is 0 Å². The lowest BCUT2D eigenvalue weighted by Crippen LogP contribution is -2.21. The van der Waals surface area contributed by atoms with Crippen LogP contribution in [0.2, 0.25) is 0 Å².